The van der Waals surface area contributed by atoms with Gasteiger partial charge in [0.25, 0.3) is 0 Å². The van der Waals surface area contributed by atoms with E-state index in [-0.39, 0.29) is 0 Å². The molecule has 1 aliphatic heterocycles. The third-order valence-electron chi connectivity index (χ3n) is 3.57. The highest BCUT2D eigenvalue weighted by atomic mass is 16.5. The Morgan fingerprint density at radius 3 is 2.62 bits per heavy atom. The predicted octanol–water partition coefficient (Wildman–Crippen LogP) is 2.53. The van der Waals surface area contributed by atoms with Gasteiger partial charge in [0.1, 0.15) is 17.3 Å². The van der Waals surface area contributed by atoms with Crippen LogP contribution in [0.4, 0.5) is 0 Å². The highest BCUT2D eigenvalue weighted by Gasteiger charge is 2.50. The molecular weight excluding hydrogens is 204 g/mol. The highest BCUT2D eigenvalue weighted by Crippen LogP contribution is 2.48. The Labute approximate surface area is 94.0 Å². The quantitative estimate of drug-likeness (QED) is 0.703. The number of aliphatic hydroxyl groups excluding tert-OH is 1. The molecule has 3 rings (SSSR count). The van der Waals surface area contributed by atoms with Crippen LogP contribution in [0.2, 0.25) is 0 Å². The van der Waals surface area contributed by atoms with Gasteiger partial charge in [0.15, 0.2) is 5.60 Å². The minimum atomic E-state index is -0.527. The SMILES string of the molecule is Cc1cc(O)c(C)c2c1OC1(C=C1O)CC2. The summed E-state index contributed by atoms with van der Waals surface area (Å²) in [5.41, 5.74) is 2.35. The van der Waals surface area contributed by atoms with Crippen LogP contribution in [-0.4, -0.2) is 15.8 Å². The fraction of sp³-hybridized carbons (Fsp3) is 0.385. The van der Waals surface area contributed by atoms with Gasteiger partial charge in [0.05, 0.1) is 0 Å². The highest BCUT2D eigenvalue weighted by molar-refractivity contribution is 5.56. The fourth-order valence-electron chi connectivity index (χ4n) is 2.40. The van der Waals surface area contributed by atoms with Gasteiger partial charge in [-0.2, -0.15) is 0 Å². The van der Waals surface area contributed by atoms with Crippen LogP contribution in [0.25, 0.3) is 0 Å². The average Bonchev–Trinajstić information content (AvgIpc) is 2.85. The standard InChI is InChI=1S/C13H14O3/c1-7-5-10(14)8(2)9-3-4-13(6-11(13)15)16-12(7)9/h5-6,14-15H,3-4H2,1-2H3. The summed E-state index contributed by atoms with van der Waals surface area (Å²) in [5, 5.41) is 19.2. The molecule has 1 heterocycles. The molecule has 16 heavy (non-hydrogen) atoms. The van der Waals surface area contributed by atoms with E-state index in [1.807, 2.05) is 13.8 Å². The second-order valence-corrected chi connectivity index (χ2v) is 4.67. The van der Waals surface area contributed by atoms with E-state index in [1.54, 1.807) is 12.1 Å². The van der Waals surface area contributed by atoms with Crippen molar-refractivity contribution < 1.29 is 14.9 Å². The van der Waals surface area contributed by atoms with E-state index in [2.05, 4.69) is 0 Å². The smallest absolute Gasteiger partial charge is 0.187 e. The van der Waals surface area contributed by atoms with Crippen molar-refractivity contribution in [3.05, 3.63) is 34.6 Å². The summed E-state index contributed by atoms with van der Waals surface area (Å²) in [6.45, 7) is 3.81. The molecule has 0 fully saturated rings. The Morgan fingerprint density at radius 1 is 1.31 bits per heavy atom. The van der Waals surface area contributed by atoms with E-state index < -0.39 is 5.60 Å². The second kappa shape index (κ2) is 2.73. The van der Waals surface area contributed by atoms with Gasteiger partial charge in [0, 0.05) is 18.1 Å². The molecule has 0 saturated carbocycles. The number of ether oxygens (including phenoxy) is 1. The van der Waals surface area contributed by atoms with Crippen molar-refractivity contribution in [2.75, 3.05) is 0 Å². The number of hydrogen-bond donors (Lipinski definition) is 2. The monoisotopic (exact) mass is 218 g/mol. The van der Waals surface area contributed by atoms with E-state index in [9.17, 15) is 10.2 Å². The topological polar surface area (TPSA) is 49.7 Å². The molecule has 1 aliphatic carbocycles. The minimum absolute atomic E-state index is 0.323. The number of aryl methyl sites for hydroxylation is 1. The lowest BCUT2D eigenvalue weighted by molar-refractivity contribution is 0.135. The molecule has 0 saturated heterocycles. The van der Waals surface area contributed by atoms with E-state index in [0.29, 0.717) is 11.5 Å². The molecule has 1 aromatic rings. The van der Waals surface area contributed by atoms with E-state index >= 15 is 0 Å². The molecule has 1 atom stereocenters. The first-order valence-electron chi connectivity index (χ1n) is 5.47. The van der Waals surface area contributed by atoms with Crippen molar-refractivity contribution in [2.24, 2.45) is 0 Å². The first-order chi connectivity index (χ1) is 7.53. The molecular formula is C13H14O3. The molecule has 0 aromatic heterocycles. The van der Waals surface area contributed by atoms with Crippen molar-refractivity contribution in [1.82, 2.24) is 0 Å². The normalized spacial score (nSPS) is 26.0. The number of benzene rings is 1. The van der Waals surface area contributed by atoms with Gasteiger partial charge >= 0.3 is 0 Å². The van der Waals surface area contributed by atoms with Gasteiger partial charge < -0.3 is 14.9 Å². The van der Waals surface area contributed by atoms with E-state index in [1.165, 1.54) is 0 Å². The summed E-state index contributed by atoms with van der Waals surface area (Å²) >= 11 is 0. The van der Waals surface area contributed by atoms with Gasteiger partial charge in [-0.25, -0.2) is 0 Å². The number of phenols is 1. The number of aromatic hydroxyl groups is 1. The maximum atomic E-state index is 9.74. The van der Waals surface area contributed by atoms with E-state index in [0.717, 1.165) is 35.3 Å². The summed E-state index contributed by atoms with van der Waals surface area (Å²) in [4.78, 5) is 0. The Kier molecular flexibility index (Phi) is 1.63. The number of rotatable bonds is 0. The molecule has 84 valence electrons. The van der Waals surface area contributed by atoms with Crippen molar-refractivity contribution in [3.8, 4) is 11.5 Å². The Balaban J connectivity index is 2.09. The lowest BCUT2D eigenvalue weighted by Gasteiger charge is -2.29. The molecule has 1 aromatic carbocycles. The first kappa shape index (κ1) is 9.58. The second-order valence-electron chi connectivity index (χ2n) is 4.67. The zero-order chi connectivity index (χ0) is 11.5. The summed E-state index contributed by atoms with van der Waals surface area (Å²) in [6.07, 6.45) is 3.34. The molecule has 1 unspecified atom stereocenters. The number of fused-ring (bicyclic) bond motifs is 1. The molecule has 3 nitrogen and oxygen atoms in total. The average molecular weight is 218 g/mol. The van der Waals surface area contributed by atoms with Crippen LogP contribution in [0.5, 0.6) is 11.5 Å². The third-order valence-corrected chi connectivity index (χ3v) is 3.57. The van der Waals surface area contributed by atoms with Crippen LogP contribution >= 0.6 is 0 Å². The number of aliphatic hydroxyl groups is 1. The lowest BCUT2D eigenvalue weighted by atomic mass is 9.93. The van der Waals surface area contributed by atoms with Crippen LogP contribution in [0, 0.1) is 13.8 Å². The van der Waals surface area contributed by atoms with E-state index in [4.69, 9.17) is 4.74 Å². The van der Waals surface area contributed by atoms with Crippen LogP contribution in [-0.2, 0) is 6.42 Å². The summed E-state index contributed by atoms with van der Waals surface area (Å²) in [6, 6.07) is 1.71. The molecule has 0 amide bonds. The lowest BCUT2D eigenvalue weighted by Crippen LogP contribution is -2.29. The molecule has 3 heteroatoms. The Hall–Kier alpha value is -1.64. The molecule has 2 aliphatic rings. The zero-order valence-corrected chi connectivity index (χ0v) is 9.37. The van der Waals surface area contributed by atoms with Crippen LogP contribution in [0.1, 0.15) is 23.1 Å². The van der Waals surface area contributed by atoms with Crippen molar-refractivity contribution >= 4 is 0 Å². The summed E-state index contributed by atoms with van der Waals surface area (Å²) < 4.78 is 5.86. The van der Waals surface area contributed by atoms with Gasteiger partial charge in [-0.3, -0.25) is 0 Å². The van der Waals surface area contributed by atoms with Gasteiger partial charge in [-0.05, 0) is 37.5 Å². The maximum Gasteiger partial charge on any atom is 0.187 e. The largest absolute Gasteiger partial charge is 0.508 e. The molecule has 0 bridgehead atoms. The van der Waals surface area contributed by atoms with Gasteiger partial charge in [0.2, 0.25) is 0 Å². The molecule has 2 N–H and O–H groups in total. The Bertz CT molecular complexity index is 516. The molecule has 1 spiro atoms. The maximum absolute atomic E-state index is 9.74. The zero-order valence-electron chi connectivity index (χ0n) is 9.37. The summed E-state index contributed by atoms with van der Waals surface area (Å²) in [7, 11) is 0. The van der Waals surface area contributed by atoms with Gasteiger partial charge in [-0.1, -0.05) is 0 Å². The predicted molar refractivity (Wildman–Crippen MR) is 60.0 cm³/mol. The Morgan fingerprint density at radius 2 is 2.00 bits per heavy atom. The first-order valence-corrected chi connectivity index (χ1v) is 5.47. The van der Waals surface area contributed by atoms with Crippen molar-refractivity contribution in [2.45, 2.75) is 32.3 Å². The third kappa shape index (κ3) is 1.08. The summed E-state index contributed by atoms with van der Waals surface area (Å²) in [5.74, 6) is 1.48. The number of phenolic OH excluding ortho intramolecular Hbond substituents is 1. The number of hydrogen-bond acceptors (Lipinski definition) is 3. The van der Waals surface area contributed by atoms with Crippen LogP contribution < -0.4 is 4.74 Å². The van der Waals surface area contributed by atoms with Crippen molar-refractivity contribution in [3.63, 3.8) is 0 Å². The van der Waals surface area contributed by atoms with Crippen molar-refractivity contribution in [1.29, 1.82) is 0 Å². The fourth-order valence-corrected chi connectivity index (χ4v) is 2.40. The van der Waals surface area contributed by atoms with Crippen LogP contribution in [0.3, 0.4) is 0 Å². The minimum Gasteiger partial charge on any atom is -0.508 e. The molecule has 0 radical (unpaired) electrons. The van der Waals surface area contributed by atoms with Crippen LogP contribution in [0.15, 0.2) is 17.9 Å². The van der Waals surface area contributed by atoms with Gasteiger partial charge in [-0.15, -0.1) is 0 Å².